The minimum Gasteiger partial charge on any atom is -0.333 e. The van der Waals surface area contributed by atoms with E-state index in [4.69, 9.17) is 0 Å². The zero-order valence-electron chi connectivity index (χ0n) is 9.99. The molecule has 1 saturated heterocycles. The van der Waals surface area contributed by atoms with Gasteiger partial charge in [-0.2, -0.15) is 0 Å². The first-order valence-corrected chi connectivity index (χ1v) is 5.99. The van der Waals surface area contributed by atoms with Crippen molar-refractivity contribution >= 4 is 17.5 Å². The van der Waals surface area contributed by atoms with Crippen molar-refractivity contribution in [1.29, 1.82) is 0 Å². The molecule has 2 amide bonds. The average molecular weight is 250 g/mol. The van der Waals surface area contributed by atoms with Crippen LogP contribution in [0.1, 0.15) is 19.3 Å². The molecule has 1 fully saturated rings. The summed E-state index contributed by atoms with van der Waals surface area (Å²) in [6.45, 7) is 0.594. The number of anilines is 1. The largest absolute Gasteiger partial charge is 0.333 e. The zero-order valence-corrected chi connectivity index (χ0v) is 9.99. The molecule has 1 aliphatic rings. The van der Waals surface area contributed by atoms with Crippen LogP contribution in [0.2, 0.25) is 0 Å². The average Bonchev–Trinajstić information content (AvgIpc) is 2.35. The van der Waals surface area contributed by atoms with Gasteiger partial charge < -0.3 is 10.2 Å². The molecule has 96 valence electrons. The van der Waals surface area contributed by atoms with E-state index in [1.54, 1.807) is 12.1 Å². The van der Waals surface area contributed by atoms with E-state index in [9.17, 15) is 14.0 Å². The number of carbonyl (C=O) groups is 2. The minimum absolute atomic E-state index is 0.00678. The summed E-state index contributed by atoms with van der Waals surface area (Å²) in [7, 11) is 0. The first kappa shape index (κ1) is 12.5. The number of halogens is 1. The first-order valence-electron chi connectivity index (χ1n) is 5.99. The Labute approximate surface area is 105 Å². The normalized spacial score (nSPS) is 15.6. The number of rotatable bonds is 3. The standard InChI is InChI=1S/C13H15FN2O2/c14-10-5-1-2-6-11(10)15-12(17)9-16-8-4-3-7-13(16)18/h1-2,5-6H,3-4,7-9H2,(H,15,17). The molecule has 1 aromatic rings. The van der Waals surface area contributed by atoms with Crippen molar-refractivity contribution in [3.8, 4) is 0 Å². The van der Waals surface area contributed by atoms with Gasteiger partial charge in [0.05, 0.1) is 12.2 Å². The number of likely N-dealkylation sites (tertiary alicyclic amines) is 1. The number of hydrogen-bond donors (Lipinski definition) is 1. The number of benzene rings is 1. The van der Waals surface area contributed by atoms with Crippen molar-refractivity contribution in [3.63, 3.8) is 0 Å². The highest BCUT2D eigenvalue weighted by molar-refractivity contribution is 5.94. The second kappa shape index (κ2) is 5.62. The fourth-order valence-electron chi connectivity index (χ4n) is 1.95. The molecule has 0 atom stereocenters. The maximum Gasteiger partial charge on any atom is 0.244 e. The van der Waals surface area contributed by atoms with Gasteiger partial charge in [0.1, 0.15) is 5.82 Å². The third-order valence-corrected chi connectivity index (χ3v) is 2.90. The molecule has 1 aliphatic heterocycles. The quantitative estimate of drug-likeness (QED) is 0.889. The van der Waals surface area contributed by atoms with Crippen LogP contribution >= 0.6 is 0 Å². The number of carbonyl (C=O) groups excluding carboxylic acids is 2. The van der Waals surface area contributed by atoms with E-state index < -0.39 is 5.82 Å². The first-order chi connectivity index (χ1) is 8.66. The molecular weight excluding hydrogens is 235 g/mol. The molecule has 0 aromatic heterocycles. The second-order valence-corrected chi connectivity index (χ2v) is 4.30. The Hall–Kier alpha value is -1.91. The molecule has 4 nitrogen and oxygen atoms in total. The molecule has 0 spiro atoms. The Morgan fingerprint density at radius 2 is 2.11 bits per heavy atom. The zero-order chi connectivity index (χ0) is 13.0. The van der Waals surface area contributed by atoms with Crippen LogP contribution in [0.15, 0.2) is 24.3 Å². The Balaban J connectivity index is 1.92. The number of hydrogen-bond acceptors (Lipinski definition) is 2. The number of piperidine rings is 1. The van der Waals surface area contributed by atoms with E-state index in [1.807, 2.05) is 0 Å². The van der Waals surface area contributed by atoms with Crippen LogP contribution in [0.5, 0.6) is 0 Å². The summed E-state index contributed by atoms with van der Waals surface area (Å²) >= 11 is 0. The molecule has 0 saturated carbocycles. The van der Waals surface area contributed by atoms with Crippen LogP contribution in [0, 0.1) is 5.82 Å². The molecule has 1 N–H and O–H groups in total. The summed E-state index contributed by atoms with van der Waals surface area (Å²) < 4.78 is 13.3. The van der Waals surface area contributed by atoms with Crippen LogP contribution in [-0.4, -0.2) is 29.8 Å². The van der Waals surface area contributed by atoms with Crippen molar-refractivity contribution in [3.05, 3.63) is 30.1 Å². The van der Waals surface area contributed by atoms with Crippen molar-refractivity contribution in [1.82, 2.24) is 4.90 Å². The molecule has 5 heteroatoms. The lowest BCUT2D eigenvalue weighted by Gasteiger charge is -2.25. The molecule has 1 aromatic carbocycles. The lowest BCUT2D eigenvalue weighted by molar-refractivity contribution is -0.136. The third-order valence-electron chi connectivity index (χ3n) is 2.90. The molecule has 0 unspecified atom stereocenters. The third kappa shape index (κ3) is 3.06. The number of nitrogens with zero attached hydrogens (tertiary/aromatic N) is 1. The van der Waals surface area contributed by atoms with Crippen LogP contribution in [0.3, 0.4) is 0 Å². The lowest BCUT2D eigenvalue weighted by Crippen LogP contribution is -2.40. The van der Waals surface area contributed by atoms with Gasteiger partial charge in [-0.25, -0.2) is 4.39 Å². The van der Waals surface area contributed by atoms with Gasteiger partial charge in [0.25, 0.3) is 0 Å². The smallest absolute Gasteiger partial charge is 0.244 e. The van der Waals surface area contributed by atoms with E-state index >= 15 is 0 Å². The maximum atomic E-state index is 13.3. The summed E-state index contributed by atoms with van der Waals surface area (Å²) in [6, 6.07) is 5.97. The number of para-hydroxylation sites is 1. The van der Waals surface area contributed by atoms with Gasteiger partial charge in [-0.15, -0.1) is 0 Å². The highest BCUT2D eigenvalue weighted by atomic mass is 19.1. The van der Waals surface area contributed by atoms with E-state index in [0.717, 1.165) is 12.8 Å². The monoisotopic (exact) mass is 250 g/mol. The fraction of sp³-hybridized carbons (Fsp3) is 0.385. The molecule has 0 radical (unpaired) electrons. The predicted octanol–water partition coefficient (Wildman–Crippen LogP) is 1.78. The highest BCUT2D eigenvalue weighted by Gasteiger charge is 2.20. The number of nitrogens with one attached hydrogen (secondary N) is 1. The summed E-state index contributed by atoms with van der Waals surface area (Å²) in [4.78, 5) is 24.7. The van der Waals surface area contributed by atoms with Crippen molar-refractivity contribution in [2.75, 3.05) is 18.4 Å². The Kier molecular flexibility index (Phi) is 3.92. The minimum atomic E-state index is -0.476. The van der Waals surface area contributed by atoms with Gasteiger partial charge in [-0.1, -0.05) is 12.1 Å². The topological polar surface area (TPSA) is 49.4 Å². The van der Waals surface area contributed by atoms with Gasteiger partial charge in [0.15, 0.2) is 0 Å². The van der Waals surface area contributed by atoms with Crippen molar-refractivity contribution in [2.24, 2.45) is 0 Å². The van der Waals surface area contributed by atoms with Gasteiger partial charge in [0, 0.05) is 13.0 Å². The van der Waals surface area contributed by atoms with Crippen molar-refractivity contribution < 1.29 is 14.0 Å². The van der Waals surface area contributed by atoms with Gasteiger partial charge in [0.2, 0.25) is 11.8 Å². The molecule has 0 bridgehead atoms. The van der Waals surface area contributed by atoms with Crippen LogP contribution in [0.25, 0.3) is 0 Å². The lowest BCUT2D eigenvalue weighted by atomic mass is 10.1. The SMILES string of the molecule is O=C(CN1CCCCC1=O)Nc1ccccc1F. The van der Waals surface area contributed by atoms with Gasteiger partial charge >= 0.3 is 0 Å². The summed E-state index contributed by atoms with van der Waals surface area (Å²) in [6.07, 6.45) is 2.29. The summed E-state index contributed by atoms with van der Waals surface area (Å²) in [5.74, 6) is -0.851. The fourth-order valence-corrected chi connectivity index (χ4v) is 1.95. The number of amides is 2. The molecule has 1 heterocycles. The molecule has 2 rings (SSSR count). The summed E-state index contributed by atoms with van der Waals surface area (Å²) in [5.41, 5.74) is 0.145. The molecular formula is C13H15FN2O2. The Bertz CT molecular complexity index is 462. The Morgan fingerprint density at radius 3 is 2.83 bits per heavy atom. The molecule has 18 heavy (non-hydrogen) atoms. The van der Waals surface area contributed by atoms with Gasteiger partial charge in [-0.3, -0.25) is 9.59 Å². The van der Waals surface area contributed by atoms with Crippen LogP contribution in [-0.2, 0) is 9.59 Å². The van der Waals surface area contributed by atoms with E-state index in [1.165, 1.54) is 17.0 Å². The van der Waals surface area contributed by atoms with Crippen LogP contribution < -0.4 is 5.32 Å². The second-order valence-electron chi connectivity index (χ2n) is 4.30. The van der Waals surface area contributed by atoms with E-state index in [2.05, 4.69) is 5.32 Å². The van der Waals surface area contributed by atoms with E-state index in [0.29, 0.717) is 13.0 Å². The van der Waals surface area contributed by atoms with Crippen molar-refractivity contribution in [2.45, 2.75) is 19.3 Å². The van der Waals surface area contributed by atoms with Crippen LogP contribution in [0.4, 0.5) is 10.1 Å². The maximum absolute atomic E-state index is 13.3. The highest BCUT2D eigenvalue weighted by Crippen LogP contribution is 2.13. The molecule has 0 aliphatic carbocycles. The predicted molar refractivity (Wildman–Crippen MR) is 65.5 cm³/mol. The Morgan fingerprint density at radius 1 is 1.33 bits per heavy atom. The summed E-state index contributed by atoms with van der Waals surface area (Å²) in [5, 5.41) is 2.47. The van der Waals surface area contributed by atoms with E-state index in [-0.39, 0.29) is 24.0 Å². The van der Waals surface area contributed by atoms with Gasteiger partial charge in [-0.05, 0) is 25.0 Å².